The molecule has 0 fully saturated rings. The second-order valence-electron chi connectivity index (χ2n) is 5.05. The minimum absolute atomic E-state index is 0.131. The summed E-state index contributed by atoms with van der Waals surface area (Å²) in [4.78, 5) is 26.0. The summed E-state index contributed by atoms with van der Waals surface area (Å²) in [5.74, 6) is -1.12. The Morgan fingerprint density at radius 3 is 2.75 bits per heavy atom. The number of imidazole rings is 1. The van der Waals surface area contributed by atoms with E-state index in [0.717, 1.165) is 0 Å². The minimum Gasteiger partial charge on any atom is -0.481 e. The van der Waals surface area contributed by atoms with Crippen LogP contribution in [0.15, 0.2) is 18.7 Å². The predicted molar refractivity (Wildman–Crippen MR) is 71.1 cm³/mol. The molecule has 2 amide bonds. The summed E-state index contributed by atoms with van der Waals surface area (Å²) >= 11 is 0. The zero-order chi connectivity index (χ0) is 15.2. The molecule has 0 saturated heterocycles. The van der Waals surface area contributed by atoms with E-state index in [-0.39, 0.29) is 12.6 Å². The standard InChI is InChI=1S/C12H20N4O4/c1-9(6-16-4-3-13-8-16)15-11(19)14-7-12(2,20)5-10(17)18/h3-4,8-9,20H,5-7H2,1-2H3,(H,17,18)(H2,14,15,19). The Balaban J connectivity index is 2.31. The van der Waals surface area contributed by atoms with Gasteiger partial charge in [0.05, 0.1) is 18.3 Å². The van der Waals surface area contributed by atoms with E-state index in [0.29, 0.717) is 6.54 Å². The Morgan fingerprint density at radius 1 is 1.50 bits per heavy atom. The fourth-order valence-corrected chi connectivity index (χ4v) is 1.69. The van der Waals surface area contributed by atoms with E-state index < -0.39 is 24.0 Å². The van der Waals surface area contributed by atoms with Crippen LogP contribution in [0, 0.1) is 0 Å². The Hall–Kier alpha value is -2.09. The largest absolute Gasteiger partial charge is 0.481 e. The number of aromatic nitrogens is 2. The third-order valence-corrected chi connectivity index (χ3v) is 2.58. The van der Waals surface area contributed by atoms with Crippen molar-refractivity contribution < 1.29 is 19.8 Å². The van der Waals surface area contributed by atoms with Gasteiger partial charge in [-0.05, 0) is 13.8 Å². The Morgan fingerprint density at radius 2 is 2.20 bits per heavy atom. The van der Waals surface area contributed by atoms with Crippen molar-refractivity contribution >= 4 is 12.0 Å². The zero-order valence-corrected chi connectivity index (χ0v) is 11.5. The van der Waals surface area contributed by atoms with Crippen LogP contribution in [0.2, 0.25) is 0 Å². The van der Waals surface area contributed by atoms with Gasteiger partial charge in [0, 0.05) is 31.5 Å². The predicted octanol–water partition coefficient (Wildman–Crippen LogP) is -0.203. The lowest BCUT2D eigenvalue weighted by atomic mass is 10.0. The molecule has 20 heavy (non-hydrogen) atoms. The van der Waals surface area contributed by atoms with Crippen LogP contribution < -0.4 is 10.6 Å². The van der Waals surface area contributed by atoms with Crippen molar-refractivity contribution in [2.24, 2.45) is 0 Å². The Kier molecular flexibility index (Phi) is 5.51. The average molecular weight is 284 g/mol. The van der Waals surface area contributed by atoms with E-state index in [2.05, 4.69) is 15.6 Å². The maximum atomic E-state index is 11.6. The van der Waals surface area contributed by atoms with Crippen molar-refractivity contribution in [1.82, 2.24) is 20.2 Å². The summed E-state index contributed by atoms with van der Waals surface area (Å²) in [5.41, 5.74) is -1.48. The Bertz CT molecular complexity index is 444. The average Bonchev–Trinajstić information content (AvgIpc) is 2.77. The lowest BCUT2D eigenvalue weighted by Crippen LogP contribution is -2.48. The van der Waals surface area contributed by atoms with Crippen molar-refractivity contribution in [3.05, 3.63) is 18.7 Å². The number of carboxylic acid groups (broad SMARTS) is 1. The molecule has 0 bridgehead atoms. The number of nitrogens with one attached hydrogen (secondary N) is 2. The molecule has 112 valence electrons. The number of hydrogen-bond donors (Lipinski definition) is 4. The quantitative estimate of drug-likeness (QED) is 0.553. The van der Waals surface area contributed by atoms with Gasteiger partial charge in [-0.25, -0.2) is 9.78 Å². The second kappa shape index (κ2) is 6.90. The molecule has 1 heterocycles. The van der Waals surface area contributed by atoms with Gasteiger partial charge >= 0.3 is 12.0 Å². The highest BCUT2D eigenvalue weighted by molar-refractivity contribution is 5.74. The van der Waals surface area contributed by atoms with Gasteiger partial charge in [0.25, 0.3) is 0 Å². The maximum Gasteiger partial charge on any atom is 0.315 e. The molecule has 4 N–H and O–H groups in total. The maximum absolute atomic E-state index is 11.6. The van der Waals surface area contributed by atoms with Gasteiger partial charge in [-0.1, -0.05) is 0 Å². The van der Waals surface area contributed by atoms with Gasteiger partial charge in [-0.2, -0.15) is 0 Å². The highest BCUT2D eigenvalue weighted by Gasteiger charge is 2.24. The SMILES string of the molecule is CC(Cn1ccnc1)NC(=O)NCC(C)(O)CC(=O)O. The molecule has 1 aromatic rings. The lowest BCUT2D eigenvalue weighted by molar-refractivity contribution is -0.141. The van der Waals surface area contributed by atoms with Crippen molar-refractivity contribution in [3.8, 4) is 0 Å². The monoisotopic (exact) mass is 284 g/mol. The van der Waals surface area contributed by atoms with E-state index >= 15 is 0 Å². The molecule has 0 radical (unpaired) electrons. The first-order chi connectivity index (χ1) is 9.28. The molecule has 2 atom stereocenters. The van der Waals surface area contributed by atoms with Gasteiger partial charge in [0.15, 0.2) is 0 Å². The number of nitrogens with zero attached hydrogens (tertiary/aromatic N) is 2. The topological polar surface area (TPSA) is 116 Å². The summed E-state index contributed by atoms with van der Waals surface area (Å²) in [7, 11) is 0. The Labute approximate surface area is 116 Å². The summed E-state index contributed by atoms with van der Waals surface area (Å²) in [6.07, 6.45) is 4.65. The summed E-state index contributed by atoms with van der Waals surface area (Å²) in [6.45, 7) is 3.62. The number of aliphatic carboxylic acids is 1. The first-order valence-corrected chi connectivity index (χ1v) is 6.23. The summed E-state index contributed by atoms with van der Waals surface area (Å²) in [6, 6.07) is -0.586. The highest BCUT2D eigenvalue weighted by atomic mass is 16.4. The molecular formula is C12H20N4O4. The fourth-order valence-electron chi connectivity index (χ4n) is 1.69. The normalized spacial score (nSPS) is 15.2. The molecular weight excluding hydrogens is 264 g/mol. The van der Waals surface area contributed by atoms with Gasteiger partial charge < -0.3 is 25.4 Å². The number of carboxylic acids is 1. The van der Waals surface area contributed by atoms with Crippen molar-refractivity contribution in [1.29, 1.82) is 0 Å². The number of carbonyl (C=O) groups excluding carboxylic acids is 1. The van der Waals surface area contributed by atoms with Crippen molar-refractivity contribution in [3.63, 3.8) is 0 Å². The lowest BCUT2D eigenvalue weighted by Gasteiger charge is -2.22. The molecule has 0 aliphatic carbocycles. The third kappa shape index (κ3) is 6.19. The number of rotatable bonds is 7. The van der Waals surface area contributed by atoms with Crippen LogP contribution in [-0.2, 0) is 11.3 Å². The van der Waals surface area contributed by atoms with E-state index in [4.69, 9.17) is 5.11 Å². The van der Waals surface area contributed by atoms with E-state index in [1.165, 1.54) is 6.92 Å². The van der Waals surface area contributed by atoms with Crippen LogP contribution in [0.4, 0.5) is 4.79 Å². The molecule has 8 nitrogen and oxygen atoms in total. The molecule has 1 rings (SSSR count). The van der Waals surface area contributed by atoms with Crippen LogP contribution in [0.3, 0.4) is 0 Å². The number of hydrogen-bond acceptors (Lipinski definition) is 4. The smallest absolute Gasteiger partial charge is 0.315 e. The first-order valence-electron chi connectivity index (χ1n) is 6.23. The highest BCUT2D eigenvalue weighted by Crippen LogP contribution is 2.07. The van der Waals surface area contributed by atoms with Crippen LogP contribution in [0.5, 0.6) is 0 Å². The molecule has 8 heteroatoms. The zero-order valence-electron chi connectivity index (χ0n) is 11.5. The van der Waals surface area contributed by atoms with Gasteiger partial charge in [0.2, 0.25) is 0 Å². The van der Waals surface area contributed by atoms with Crippen molar-refractivity contribution in [2.75, 3.05) is 6.54 Å². The third-order valence-electron chi connectivity index (χ3n) is 2.58. The molecule has 2 unspecified atom stereocenters. The molecule has 0 aliphatic heterocycles. The van der Waals surface area contributed by atoms with E-state index in [1.807, 2.05) is 11.5 Å². The van der Waals surface area contributed by atoms with Gasteiger partial charge in [-0.15, -0.1) is 0 Å². The van der Waals surface area contributed by atoms with E-state index in [1.54, 1.807) is 18.7 Å². The molecule has 0 aliphatic rings. The number of urea groups is 1. The second-order valence-corrected chi connectivity index (χ2v) is 5.05. The van der Waals surface area contributed by atoms with E-state index in [9.17, 15) is 14.7 Å². The van der Waals surface area contributed by atoms with Crippen LogP contribution in [0.1, 0.15) is 20.3 Å². The van der Waals surface area contributed by atoms with Crippen LogP contribution in [0.25, 0.3) is 0 Å². The molecule has 0 spiro atoms. The number of carbonyl (C=O) groups is 2. The van der Waals surface area contributed by atoms with Gasteiger partial charge in [0.1, 0.15) is 0 Å². The molecule has 1 aromatic heterocycles. The van der Waals surface area contributed by atoms with Crippen molar-refractivity contribution in [2.45, 2.75) is 38.5 Å². The number of amides is 2. The minimum atomic E-state index is -1.48. The summed E-state index contributed by atoms with van der Waals surface area (Å²) in [5, 5.41) is 23.5. The number of aliphatic hydroxyl groups is 1. The van der Waals surface area contributed by atoms with Crippen LogP contribution in [-0.4, -0.2) is 50.0 Å². The van der Waals surface area contributed by atoms with Gasteiger partial charge in [-0.3, -0.25) is 4.79 Å². The summed E-state index contributed by atoms with van der Waals surface area (Å²) < 4.78 is 1.82. The molecule has 0 saturated carbocycles. The first kappa shape index (κ1) is 16.0. The van der Waals surface area contributed by atoms with Crippen LogP contribution >= 0.6 is 0 Å². The molecule has 0 aromatic carbocycles. The fraction of sp³-hybridized carbons (Fsp3) is 0.583.